The van der Waals surface area contributed by atoms with E-state index in [0.717, 1.165) is 47.7 Å². The first-order valence-corrected chi connectivity index (χ1v) is 17.5. The fourth-order valence-corrected chi connectivity index (χ4v) is 6.96. The molecule has 2 amide bonds. The minimum atomic E-state index is -0.548. The number of likely N-dealkylation sites (tertiary alicyclic amines) is 1. The van der Waals surface area contributed by atoms with Gasteiger partial charge in [-0.15, -0.1) is 0 Å². The average molecular weight is 665 g/mol. The molecule has 4 aromatic rings. The van der Waals surface area contributed by atoms with E-state index in [0.29, 0.717) is 48.3 Å². The van der Waals surface area contributed by atoms with E-state index in [2.05, 4.69) is 27.5 Å². The third kappa shape index (κ3) is 8.47. The fourth-order valence-electron chi connectivity index (χ4n) is 6.96. The normalized spacial score (nSPS) is 17.7. The third-order valence-electron chi connectivity index (χ3n) is 9.44. The zero-order chi connectivity index (χ0) is 34.6. The van der Waals surface area contributed by atoms with Crippen molar-refractivity contribution in [2.75, 3.05) is 23.7 Å². The highest BCUT2D eigenvalue weighted by atomic mass is 16.6. The predicted molar refractivity (Wildman–Crippen MR) is 193 cm³/mol. The van der Waals surface area contributed by atoms with E-state index in [1.54, 1.807) is 17.3 Å². The van der Waals surface area contributed by atoms with Crippen LogP contribution in [0.2, 0.25) is 0 Å². The lowest BCUT2D eigenvalue weighted by Gasteiger charge is -2.34. The summed E-state index contributed by atoms with van der Waals surface area (Å²) >= 11 is 0. The lowest BCUT2D eigenvalue weighted by atomic mass is 9.73. The number of pyridine rings is 1. The van der Waals surface area contributed by atoms with Crippen molar-refractivity contribution in [2.24, 2.45) is 5.41 Å². The Labute approximate surface area is 289 Å². The van der Waals surface area contributed by atoms with E-state index in [4.69, 9.17) is 14.5 Å². The lowest BCUT2D eigenvalue weighted by Crippen LogP contribution is -2.47. The molecule has 0 bridgehead atoms. The molecule has 0 spiro atoms. The van der Waals surface area contributed by atoms with E-state index < -0.39 is 5.60 Å². The first kappa shape index (κ1) is 34.1. The number of hydrogen-bond donors (Lipinski definition) is 2. The van der Waals surface area contributed by atoms with Gasteiger partial charge in [0, 0.05) is 54.4 Å². The van der Waals surface area contributed by atoms with Crippen molar-refractivity contribution in [3.63, 3.8) is 0 Å². The Bertz CT molecular complexity index is 1810. The van der Waals surface area contributed by atoms with Gasteiger partial charge < -0.3 is 25.0 Å². The van der Waals surface area contributed by atoms with Crippen LogP contribution in [0.3, 0.4) is 0 Å². The molecule has 2 N–H and O–H groups in total. The first-order valence-electron chi connectivity index (χ1n) is 17.5. The number of carbonyl (C=O) groups is 2. The smallest absolute Gasteiger partial charge is 0.410 e. The number of anilines is 2. The maximum absolute atomic E-state index is 13.2. The van der Waals surface area contributed by atoms with Crippen LogP contribution in [-0.4, -0.2) is 56.6 Å². The van der Waals surface area contributed by atoms with Crippen molar-refractivity contribution in [3.05, 3.63) is 66.5 Å². The number of fused-ring (bicyclic) bond motifs is 1. The second kappa shape index (κ2) is 14.4. The van der Waals surface area contributed by atoms with Crippen LogP contribution in [0.15, 0.2) is 60.9 Å². The summed E-state index contributed by atoms with van der Waals surface area (Å²) in [7, 11) is 0. The van der Waals surface area contributed by atoms with E-state index in [-0.39, 0.29) is 23.5 Å². The maximum atomic E-state index is 13.2. The van der Waals surface area contributed by atoms with Crippen LogP contribution in [-0.2, 0) is 9.53 Å². The van der Waals surface area contributed by atoms with Gasteiger partial charge in [-0.25, -0.2) is 19.7 Å². The number of amides is 2. The predicted octanol–water partition coefficient (Wildman–Crippen LogP) is 8.90. The third-order valence-corrected chi connectivity index (χ3v) is 9.44. The standard InChI is InChI=1S/C39H48N6O4/c1-26-16-17-28-29(13-9-15-31(28)43-33(46)24-39(5)19-7-6-8-20-39)34(26)48-35-30(14-10-21-40-35)32-18-22-41-36(44-32)42-27-12-11-23-45(25-27)37(47)49-38(2,3)4/h9-10,13-18,21-22,27H,6-8,11-12,19-20,23-25H2,1-5H3,(H,43,46)(H,41,42,44). The number of nitrogens with zero attached hydrogens (tertiary/aromatic N) is 4. The summed E-state index contributed by atoms with van der Waals surface area (Å²) in [5.74, 6) is 1.60. The molecule has 49 heavy (non-hydrogen) atoms. The van der Waals surface area contributed by atoms with Gasteiger partial charge in [-0.1, -0.05) is 50.5 Å². The Kier molecular flexibility index (Phi) is 10.0. The highest BCUT2D eigenvalue weighted by Crippen LogP contribution is 2.41. The molecule has 10 heteroatoms. The Balaban J connectivity index is 1.21. The number of carbonyl (C=O) groups excluding carboxylic acids is 2. The van der Waals surface area contributed by atoms with Crippen LogP contribution in [0, 0.1) is 12.3 Å². The number of piperidine rings is 1. The van der Waals surface area contributed by atoms with Crippen LogP contribution in [0.4, 0.5) is 16.4 Å². The van der Waals surface area contributed by atoms with E-state index in [1.165, 1.54) is 19.3 Å². The number of benzene rings is 2. The van der Waals surface area contributed by atoms with Gasteiger partial charge in [0.25, 0.3) is 0 Å². The Hall–Kier alpha value is -4.73. The summed E-state index contributed by atoms with van der Waals surface area (Å²) in [6.07, 6.45) is 11.2. The molecule has 2 aliphatic rings. The number of rotatable bonds is 8. The van der Waals surface area contributed by atoms with Crippen molar-refractivity contribution in [1.29, 1.82) is 0 Å². The lowest BCUT2D eigenvalue weighted by molar-refractivity contribution is -0.118. The molecular weight excluding hydrogens is 616 g/mol. The van der Waals surface area contributed by atoms with Crippen LogP contribution >= 0.6 is 0 Å². The minimum Gasteiger partial charge on any atom is -0.444 e. The Morgan fingerprint density at radius 1 is 0.959 bits per heavy atom. The SMILES string of the molecule is Cc1ccc2c(NC(=O)CC3(C)CCCCC3)cccc2c1Oc1ncccc1-c1ccnc(NC2CCCN(C(=O)OC(C)(C)C)C2)n1. The van der Waals surface area contributed by atoms with Crippen molar-refractivity contribution < 1.29 is 19.1 Å². The van der Waals surface area contributed by atoms with Gasteiger partial charge in [0.2, 0.25) is 17.7 Å². The molecular formula is C39H48N6O4. The Morgan fingerprint density at radius 2 is 1.78 bits per heavy atom. The number of ether oxygens (including phenoxy) is 2. The van der Waals surface area contributed by atoms with E-state index >= 15 is 0 Å². The zero-order valence-corrected chi connectivity index (χ0v) is 29.3. The summed E-state index contributed by atoms with van der Waals surface area (Å²) in [6.45, 7) is 11.0. The van der Waals surface area contributed by atoms with Crippen LogP contribution in [0.5, 0.6) is 11.6 Å². The fraction of sp³-hybridized carbons (Fsp3) is 0.462. The molecule has 1 saturated heterocycles. The average Bonchev–Trinajstić information content (AvgIpc) is 3.06. The van der Waals surface area contributed by atoms with E-state index in [9.17, 15) is 9.59 Å². The quantitative estimate of drug-likeness (QED) is 0.192. The number of aromatic nitrogens is 3. The molecule has 1 unspecified atom stereocenters. The molecule has 1 saturated carbocycles. The summed E-state index contributed by atoms with van der Waals surface area (Å²) in [6, 6.07) is 15.6. The molecule has 258 valence electrons. The molecule has 2 aromatic heterocycles. The number of aryl methyl sites for hydroxylation is 1. The molecule has 2 aromatic carbocycles. The molecule has 10 nitrogen and oxygen atoms in total. The van der Waals surface area contributed by atoms with Crippen molar-refractivity contribution >= 4 is 34.4 Å². The number of hydrogen-bond acceptors (Lipinski definition) is 8. The van der Waals surface area contributed by atoms with Gasteiger partial charge in [-0.3, -0.25) is 4.79 Å². The van der Waals surface area contributed by atoms with Crippen LogP contribution in [0.1, 0.15) is 84.6 Å². The van der Waals surface area contributed by atoms with Crippen molar-refractivity contribution in [3.8, 4) is 22.9 Å². The molecule has 1 atom stereocenters. The molecule has 0 radical (unpaired) electrons. The minimum absolute atomic E-state index is 0.0142. The van der Waals surface area contributed by atoms with Gasteiger partial charge in [-0.05, 0) is 88.6 Å². The molecule has 3 heterocycles. The van der Waals surface area contributed by atoms with Crippen molar-refractivity contribution in [1.82, 2.24) is 19.9 Å². The highest BCUT2D eigenvalue weighted by molar-refractivity contribution is 6.04. The Morgan fingerprint density at radius 3 is 2.57 bits per heavy atom. The molecule has 1 aliphatic carbocycles. The molecule has 2 fully saturated rings. The molecule has 1 aliphatic heterocycles. The van der Waals surface area contributed by atoms with Gasteiger partial charge in [0.1, 0.15) is 11.4 Å². The topological polar surface area (TPSA) is 119 Å². The highest BCUT2D eigenvalue weighted by Gasteiger charge is 2.30. The summed E-state index contributed by atoms with van der Waals surface area (Å²) < 4.78 is 12.2. The van der Waals surface area contributed by atoms with Gasteiger partial charge in [0.15, 0.2) is 0 Å². The summed E-state index contributed by atoms with van der Waals surface area (Å²) in [5, 5.41) is 8.42. The van der Waals surface area contributed by atoms with Crippen LogP contribution < -0.4 is 15.4 Å². The second-order valence-corrected chi connectivity index (χ2v) is 14.8. The first-order chi connectivity index (χ1) is 23.5. The summed E-state index contributed by atoms with van der Waals surface area (Å²) in [5.41, 5.74) is 2.59. The summed E-state index contributed by atoms with van der Waals surface area (Å²) in [4.78, 5) is 41.6. The second-order valence-electron chi connectivity index (χ2n) is 14.8. The van der Waals surface area contributed by atoms with Gasteiger partial charge in [-0.2, -0.15) is 0 Å². The van der Waals surface area contributed by atoms with Crippen molar-refractivity contribution in [2.45, 2.75) is 97.6 Å². The van der Waals surface area contributed by atoms with Gasteiger partial charge in [0.05, 0.1) is 11.3 Å². The zero-order valence-electron chi connectivity index (χ0n) is 29.3. The van der Waals surface area contributed by atoms with E-state index in [1.807, 2.05) is 76.2 Å². The number of nitrogens with one attached hydrogen (secondary N) is 2. The maximum Gasteiger partial charge on any atom is 0.410 e. The monoisotopic (exact) mass is 664 g/mol. The largest absolute Gasteiger partial charge is 0.444 e. The molecule has 6 rings (SSSR count). The van der Waals surface area contributed by atoms with Crippen LogP contribution in [0.25, 0.3) is 22.0 Å². The van der Waals surface area contributed by atoms with Gasteiger partial charge >= 0.3 is 6.09 Å².